The maximum atomic E-state index is 12.8. The Balaban J connectivity index is 4.57. The van der Waals surface area contributed by atoms with E-state index in [0.29, 0.717) is 19.3 Å². The van der Waals surface area contributed by atoms with Crippen molar-refractivity contribution in [1.82, 2.24) is 0 Å². The maximum Gasteiger partial charge on any atom is 0.306 e. The number of hydrogen-bond donors (Lipinski definition) is 0. The van der Waals surface area contributed by atoms with Gasteiger partial charge in [-0.15, -0.1) is 0 Å². The van der Waals surface area contributed by atoms with Crippen LogP contribution in [0.3, 0.4) is 0 Å². The van der Waals surface area contributed by atoms with Crippen LogP contribution in [0.5, 0.6) is 0 Å². The van der Waals surface area contributed by atoms with E-state index in [1.807, 2.05) is 48.6 Å². The number of allylic oxidation sites excluding steroid dienone is 26. The Kier molecular flexibility index (Phi) is 49.7. The Morgan fingerprint density at radius 1 is 0.313 bits per heavy atom. The fourth-order valence-electron chi connectivity index (χ4n) is 6.37. The van der Waals surface area contributed by atoms with Crippen molar-refractivity contribution in [2.45, 2.75) is 194 Å². The molecule has 67 heavy (non-hydrogen) atoms. The zero-order valence-corrected chi connectivity index (χ0v) is 42.3. The number of carbonyl (C=O) groups is 3. The second kappa shape index (κ2) is 53.6. The smallest absolute Gasteiger partial charge is 0.306 e. The van der Waals surface area contributed by atoms with Crippen molar-refractivity contribution >= 4 is 17.9 Å². The molecule has 0 aliphatic rings. The molecule has 0 saturated carbocycles. The first-order valence-electron chi connectivity index (χ1n) is 26.1. The van der Waals surface area contributed by atoms with Crippen LogP contribution in [-0.2, 0) is 28.6 Å². The predicted molar refractivity (Wildman–Crippen MR) is 288 cm³/mol. The summed E-state index contributed by atoms with van der Waals surface area (Å²) in [6.07, 6.45) is 77.9. The first kappa shape index (κ1) is 62.0. The summed E-state index contributed by atoms with van der Waals surface area (Å²) in [5.41, 5.74) is 0. The molecule has 1 unspecified atom stereocenters. The van der Waals surface area contributed by atoms with Gasteiger partial charge in [-0.3, -0.25) is 14.4 Å². The van der Waals surface area contributed by atoms with E-state index in [0.717, 1.165) is 122 Å². The summed E-state index contributed by atoms with van der Waals surface area (Å²) in [5.74, 6) is -1.02. The lowest BCUT2D eigenvalue weighted by atomic mass is 10.1. The van der Waals surface area contributed by atoms with Crippen LogP contribution in [0.2, 0.25) is 0 Å². The third-order valence-corrected chi connectivity index (χ3v) is 10.2. The van der Waals surface area contributed by atoms with Gasteiger partial charge in [0.25, 0.3) is 0 Å². The van der Waals surface area contributed by atoms with Gasteiger partial charge >= 0.3 is 17.9 Å². The monoisotopic (exact) mass is 921 g/mol. The highest BCUT2D eigenvalue weighted by atomic mass is 16.6. The minimum atomic E-state index is -0.827. The number of carbonyl (C=O) groups excluding carboxylic acids is 3. The van der Waals surface area contributed by atoms with Crippen molar-refractivity contribution in [3.05, 3.63) is 158 Å². The molecule has 0 bridgehead atoms. The molecule has 372 valence electrons. The van der Waals surface area contributed by atoms with Gasteiger partial charge in [0.2, 0.25) is 0 Å². The van der Waals surface area contributed by atoms with E-state index in [-0.39, 0.29) is 37.5 Å². The van der Waals surface area contributed by atoms with Crippen LogP contribution >= 0.6 is 0 Å². The number of rotatable bonds is 44. The summed E-state index contributed by atoms with van der Waals surface area (Å²) in [6, 6.07) is 0. The Bertz CT molecular complexity index is 1570. The zero-order valence-electron chi connectivity index (χ0n) is 42.3. The molecular formula is C61H92O6. The van der Waals surface area contributed by atoms with Crippen molar-refractivity contribution in [1.29, 1.82) is 0 Å². The molecule has 0 aromatic heterocycles. The van der Waals surface area contributed by atoms with Gasteiger partial charge in [-0.1, -0.05) is 224 Å². The molecule has 0 fully saturated rings. The maximum absolute atomic E-state index is 12.8. The Morgan fingerprint density at radius 2 is 0.612 bits per heavy atom. The minimum absolute atomic E-state index is 0.121. The van der Waals surface area contributed by atoms with E-state index in [1.54, 1.807) is 0 Å². The largest absolute Gasteiger partial charge is 0.462 e. The van der Waals surface area contributed by atoms with Crippen molar-refractivity contribution in [2.24, 2.45) is 0 Å². The highest BCUT2D eigenvalue weighted by Crippen LogP contribution is 2.12. The van der Waals surface area contributed by atoms with Gasteiger partial charge in [-0.2, -0.15) is 0 Å². The zero-order chi connectivity index (χ0) is 48.6. The van der Waals surface area contributed by atoms with E-state index in [4.69, 9.17) is 14.2 Å². The molecular weight excluding hydrogens is 829 g/mol. The first-order valence-corrected chi connectivity index (χ1v) is 26.1. The molecule has 6 heteroatoms. The molecule has 0 amide bonds. The van der Waals surface area contributed by atoms with Gasteiger partial charge in [0, 0.05) is 19.3 Å². The van der Waals surface area contributed by atoms with Crippen molar-refractivity contribution in [2.75, 3.05) is 13.2 Å². The average molecular weight is 921 g/mol. The second-order valence-electron chi connectivity index (χ2n) is 16.5. The molecule has 0 heterocycles. The minimum Gasteiger partial charge on any atom is -0.462 e. The summed E-state index contributed by atoms with van der Waals surface area (Å²) < 4.78 is 16.7. The van der Waals surface area contributed by atoms with E-state index in [2.05, 4.69) is 130 Å². The average Bonchev–Trinajstić information content (AvgIpc) is 3.33. The van der Waals surface area contributed by atoms with Crippen molar-refractivity contribution in [3.63, 3.8) is 0 Å². The van der Waals surface area contributed by atoms with E-state index in [1.165, 1.54) is 19.3 Å². The quantitative estimate of drug-likeness (QED) is 0.0199. The fraction of sp³-hybridized carbons (Fsp3) is 0.525. The first-order chi connectivity index (χ1) is 33.0. The molecule has 6 nitrogen and oxygen atoms in total. The molecule has 0 aromatic rings. The number of unbranched alkanes of at least 4 members (excludes halogenated alkanes) is 13. The topological polar surface area (TPSA) is 78.9 Å². The fourth-order valence-corrected chi connectivity index (χ4v) is 6.37. The molecule has 0 N–H and O–H groups in total. The number of esters is 3. The molecule has 0 saturated heterocycles. The summed E-state index contributed by atoms with van der Waals surface area (Å²) in [4.78, 5) is 38.0. The van der Waals surface area contributed by atoms with Crippen LogP contribution in [0.15, 0.2) is 158 Å². The van der Waals surface area contributed by atoms with Crippen LogP contribution < -0.4 is 0 Å². The van der Waals surface area contributed by atoms with Gasteiger partial charge < -0.3 is 14.2 Å². The molecule has 0 radical (unpaired) electrons. The summed E-state index contributed by atoms with van der Waals surface area (Å²) in [7, 11) is 0. The van der Waals surface area contributed by atoms with Crippen molar-refractivity contribution < 1.29 is 28.6 Å². The second-order valence-corrected chi connectivity index (χ2v) is 16.5. The van der Waals surface area contributed by atoms with Crippen molar-refractivity contribution in [3.8, 4) is 0 Å². The third kappa shape index (κ3) is 51.9. The molecule has 1 atom stereocenters. The third-order valence-electron chi connectivity index (χ3n) is 10.2. The number of hydrogen-bond acceptors (Lipinski definition) is 6. The lowest BCUT2D eigenvalue weighted by Crippen LogP contribution is -2.30. The normalized spacial score (nSPS) is 13.4. The summed E-state index contributed by atoms with van der Waals surface area (Å²) in [5, 5.41) is 0. The Morgan fingerprint density at radius 3 is 1.03 bits per heavy atom. The Labute approximate surface area is 409 Å². The van der Waals surface area contributed by atoms with E-state index >= 15 is 0 Å². The van der Waals surface area contributed by atoms with Gasteiger partial charge in [0.05, 0.1) is 0 Å². The lowest BCUT2D eigenvalue weighted by Gasteiger charge is -2.18. The predicted octanol–water partition coefficient (Wildman–Crippen LogP) is 17.4. The van der Waals surface area contributed by atoms with Crippen LogP contribution in [-0.4, -0.2) is 37.2 Å². The summed E-state index contributed by atoms with van der Waals surface area (Å²) >= 11 is 0. The standard InChI is InChI=1S/C61H92O6/c1-4-7-10-13-16-19-22-25-28-29-30-31-34-36-39-42-45-48-51-54-60(63)66-57-58(67-61(64)55-52-49-46-43-40-37-33-27-24-21-18-15-12-9-6-3)56-65-59(62)53-50-47-44-41-38-35-32-26-23-20-17-14-11-8-5-2/h7-12,14-21,23-25,27-28,30-31,33,36-37,39-40,58H,4-6,13,22,26,29,32,34-35,38,41-57H2,1-3H3/b10-7-,11-8-,12-9-,17-14-,18-15-,19-16-,23-20-,24-21-,28-25-,31-30-,33-27-,39-36-,40-37-. The SMILES string of the molecule is CC\C=C/C=C\C=C/C=C\C=C/CCCCCC(=O)OC(COC(=O)CCCCC/C=C\C/C=C\C/C=C\C/C=C\C/C=C\CC)COC(=O)CCCCCCCCC\C=C/C=C\C=C/CC. The van der Waals surface area contributed by atoms with Gasteiger partial charge in [-0.25, -0.2) is 0 Å². The van der Waals surface area contributed by atoms with Crippen LogP contribution in [0.25, 0.3) is 0 Å². The molecule has 0 rings (SSSR count). The molecule has 0 aliphatic carbocycles. The van der Waals surface area contributed by atoms with Crippen LogP contribution in [0.4, 0.5) is 0 Å². The van der Waals surface area contributed by atoms with Crippen LogP contribution in [0, 0.1) is 0 Å². The van der Waals surface area contributed by atoms with Gasteiger partial charge in [-0.05, 0) is 103 Å². The molecule has 0 aromatic carbocycles. The van der Waals surface area contributed by atoms with Crippen LogP contribution in [0.1, 0.15) is 188 Å². The lowest BCUT2D eigenvalue weighted by molar-refractivity contribution is -0.167. The molecule has 0 aliphatic heterocycles. The van der Waals surface area contributed by atoms with Gasteiger partial charge in [0.15, 0.2) is 6.10 Å². The molecule has 0 spiro atoms. The van der Waals surface area contributed by atoms with E-state index in [9.17, 15) is 14.4 Å². The summed E-state index contributed by atoms with van der Waals surface area (Å²) in [6.45, 7) is 6.15. The number of ether oxygens (including phenoxy) is 3. The highest BCUT2D eigenvalue weighted by Gasteiger charge is 2.19. The highest BCUT2D eigenvalue weighted by molar-refractivity contribution is 5.71. The van der Waals surface area contributed by atoms with E-state index < -0.39 is 6.10 Å². The van der Waals surface area contributed by atoms with Gasteiger partial charge in [0.1, 0.15) is 13.2 Å². The Hall–Kier alpha value is -4.97.